The van der Waals surface area contributed by atoms with Gasteiger partial charge in [-0.05, 0) is 104 Å². The van der Waals surface area contributed by atoms with Crippen molar-refractivity contribution in [3.63, 3.8) is 0 Å². The van der Waals surface area contributed by atoms with Gasteiger partial charge < -0.3 is 40.1 Å². The summed E-state index contributed by atoms with van der Waals surface area (Å²) in [4.78, 5) is 14.4. The van der Waals surface area contributed by atoms with Crippen LogP contribution in [0, 0.1) is 50.7 Å². The monoisotopic (exact) mass is 634 g/mol. The van der Waals surface area contributed by atoms with Crippen LogP contribution in [0.3, 0.4) is 0 Å². The van der Waals surface area contributed by atoms with Crippen molar-refractivity contribution in [3.8, 4) is 0 Å². The number of rotatable bonds is 3. The van der Waals surface area contributed by atoms with Crippen LogP contribution < -0.4 is 0 Å². The van der Waals surface area contributed by atoms with Crippen molar-refractivity contribution < 1.29 is 44.9 Å². The average Bonchev–Trinajstić information content (AvgIpc) is 2.97. The molecule has 4 saturated carbocycles. The molecule has 0 spiro atoms. The van der Waals surface area contributed by atoms with Crippen molar-refractivity contribution in [1.29, 1.82) is 0 Å². The van der Waals surface area contributed by atoms with Gasteiger partial charge in [0.15, 0.2) is 0 Å². The highest BCUT2D eigenvalue weighted by Crippen LogP contribution is 2.76. The lowest BCUT2D eigenvalue weighted by molar-refractivity contribution is -0.299. The molecule has 2 unspecified atom stereocenters. The number of carbonyl (C=O) groups excluding carboxylic acids is 1. The van der Waals surface area contributed by atoms with Gasteiger partial charge in [0.25, 0.3) is 0 Å². The van der Waals surface area contributed by atoms with E-state index in [1.807, 2.05) is 13.8 Å². The first-order chi connectivity index (χ1) is 20.8. The first-order valence-electron chi connectivity index (χ1n) is 17.5. The Balaban J connectivity index is 1.39. The molecule has 0 aromatic heterocycles. The SMILES string of the molecule is C[C@@H]1CC[C@]2(C(=O)O[C@@H]3O[C@H](CO)[C@@H](O)[C@H](O)[C@H]3O)CC[C@]3(C)C(=CCC4[C@@]5(C)CC[C@H](O)C(C)(C)C5CC[C@]43C)[C@@H]2[C@]1(C)O. The van der Waals surface area contributed by atoms with E-state index >= 15 is 0 Å². The zero-order valence-electron chi connectivity index (χ0n) is 28.3. The Labute approximate surface area is 268 Å². The Morgan fingerprint density at radius 2 is 1.58 bits per heavy atom. The minimum Gasteiger partial charge on any atom is -0.432 e. The molecule has 0 amide bonds. The normalized spacial score (nSPS) is 55.7. The number of hydrogen-bond acceptors (Lipinski definition) is 9. The quantitative estimate of drug-likeness (QED) is 0.202. The van der Waals surface area contributed by atoms with Crippen molar-refractivity contribution >= 4 is 5.97 Å². The molecule has 6 aliphatic rings. The molecule has 5 fully saturated rings. The minimum absolute atomic E-state index is 0.0571. The molecular weight excluding hydrogens is 576 g/mol. The lowest BCUT2D eigenvalue weighted by Gasteiger charge is -2.71. The van der Waals surface area contributed by atoms with Crippen LogP contribution in [0.2, 0.25) is 0 Å². The maximum Gasteiger partial charge on any atom is 0.315 e. The van der Waals surface area contributed by atoms with Crippen molar-refractivity contribution in [2.75, 3.05) is 6.61 Å². The van der Waals surface area contributed by atoms with Crippen molar-refractivity contribution in [2.45, 2.75) is 149 Å². The van der Waals surface area contributed by atoms with Gasteiger partial charge in [-0.2, -0.15) is 0 Å². The van der Waals surface area contributed by atoms with Gasteiger partial charge in [-0.25, -0.2) is 0 Å². The number of carbonyl (C=O) groups is 1. The number of hydrogen-bond donors (Lipinski definition) is 6. The fraction of sp³-hybridized carbons (Fsp3) is 0.917. The largest absolute Gasteiger partial charge is 0.432 e. The van der Waals surface area contributed by atoms with Crippen LogP contribution in [0.25, 0.3) is 0 Å². The summed E-state index contributed by atoms with van der Waals surface area (Å²) in [7, 11) is 0. The molecule has 6 rings (SSSR count). The molecule has 9 nitrogen and oxygen atoms in total. The summed E-state index contributed by atoms with van der Waals surface area (Å²) in [6, 6.07) is 0. The van der Waals surface area contributed by atoms with E-state index in [0.717, 1.165) is 44.1 Å². The minimum atomic E-state index is -1.68. The summed E-state index contributed by atoms with van der Waals surface area (Å²) >= 11 is 0. The second-order valence-corrected chi connectivity index (χ2v) is 17.5. The van der Waals surface area contributed by atoms with Crippen LogP contribution >= 0.6 is 0 Å². The second kappa shape index (κ2) is 10.7. The lowest BCUT2D eigenvalue weighted by atomic mass is 9.33. The molecule has 256 valence electrons. The van der Waals surface area contributed by atoms with E-state index in [1.165, 1.54) is 0 Å². The first-order valence-corrected chi connectivity index (χ1v) is 17.5. The van der Waals surface area contributed by atoms with Crippen molar-refractivity contribution in [3.05, 3.63) is 11.6 Å². The maximum atomic E-state index is 14.4. The third kappa shape index (κ3) is 4.39. The summed E-state index contributed by atoms with van der Waals surface area (Å²) in [5, 5.41) is 64.4. The Hall–Kier alpha value is -1.07. The van der Waals surface area contributed by atoms with Gasteiger partial charge in [0.1, 0.15) is 24.4 Å². The average molecular weight is 635 g/mol. The molecule has 5 aliphatic carbocycles. The predicted molar refractivity (Wildman–Crippen MR) is 166 cm³/mol. The van der Waals surface area contributed by atoms with E-state index in [9.17, 15) is 35.4 Å². The fourth-order valence-corrected chi connectivity index (χ4v) is 12.2. The van der Waals surface area contributed by atoms with E-state index in [4.69, 9.17) is 9.47 Å². The van der Waals surface area contributed by atoms with Crippen molar-refractivity contribution in [2.24, 2.45) is 50.7 Å². The molecule has 15 atom stereocenters. The second-order valence-electron chi connectivity index (χ2n) is 17.5. The maximum absolute atomic E-state index is 14.4. The van der Waals surface area contributed by atoms with Gasteiger partial charge in [0, 0.05) is 5.92 Å². The van der Waals surface area contributed by atoms with Gasteiger partial charge in [-0.3, -0.25) is 4.79 Å². The summed E-state index contributed by atoms with van der Waals surface area (Å²) in [6.07, 6.45) is 1.59. The van der Waals surface area contributed by atoms with Crippen LogP contribution in [0.1, 0.15) is 106 Å². The van der Waals surface area contributed by atoms with Crippen LogP contribution in [-0.2, 0) is 14.3 Å². The standard InChI is InChI=1S/C36H58O9/c1-19-10-15-36(30(42)45-29-27(41)26(40)25(39)21(18-37)44-29)17-16-33(5)20(28(36)35(19,7)43)8-9-23-32(4)13-12-24(38)31(2,3)22(32)11-14-34(23,33)6/h8,19,21-29,37-41,43H,9-18H2,1-7H3/t19-,21-,22?,23?,24+,25-,26+,27-,28-,29+,32+,33-,34-,35-,36+/m1/s1. The van der Waals surface area contributed by atoms with Crippen molar-refractivity contribution in [1.82, 2.24) is 0 Å². The number of esters is 1. The third-order valence-electron chi connectivity index (χ3n) is 15.5. The van der Waals surface area contributed by atoms with Gasteiger partial charge >= 0.3 is 5.97 Å². The van der Waals surface area contributed by atoms with Crippen LogP contribution in [-0.4, -0.2) is 85.6 Å². The number of allylic oxidation sites excluding steroid dienone is 1. The Kier molecular flexibility index (Phi) is 8.05. The summed E-state index contributed by atoms with van der Waals surface area (Å²) in [6.45, 7) is 15.1. The Morgan fingerprint density at radius 3 is 2.24 bits per heavy atom. The molecule has 1 saturated heterocycles. The number of ether oxygens (including phenoxy) is 2. The van der Waals surface area contributed by atoms with Gasteiger partial charge in [0.2, 0.25) is 6.29 Å². The highest BCUT2D eigenvalue weighted by atomic mass is 16.7. The summed E-state index contributed by atoms with van der Waals surface area (Å²) in [5.74, 6) is -0.308. The number of aliphatic hydroxyl groups excluding tert-OH is 5. The lowest BCUT2D eigenvalue weighted by Crippen LogP contribution is -2.68. The molecule has 6 N–H and O–H groups in total. The van der Waals surface area contributed by atoms with Gasteiger partial charge in [-0.15, -0.1) is 0 Å². The highest BCUT2D eigenvalue weighted by Gasteiger charge is 2.71. The first kappa shape index (κ1) is 33.8. The van der Waals surface area contributed by atoms with Gasteiger partial charge in [-0.1, -0.05) is 53.2 Å². The molecule has 0 radical (unpaired) electrons. The summed E-state index contributed by atoms with van der Waals surface area (Å²) < 4.78 is 11.5. The van der Waals surface area contributed by atoms with Crippen LogP contribution in [0.5, 0.6) is 0 Å². The highest BCUT2D eigenvalue weighted by molar-refractivity contribution is 5.79. The Bertz CT molecular complexity index is 1210. The summed E-state index contributed by atoms with van der Waals surface area (Å²) in [5.41, 5.74) is -1.51. The zero-order valence-corrected chi connectivity index (χ0v) is 28.3. The van der Waals surface area contributed by atoms with E-state index in [-0.39, 0.29) is 33.7 Å². The van der Waals surface area contributed by atoms with E-state index < -0.39 is 60.2 Å². The van der Waals surface area contributed by atoms with E-state index in [2.05, 4.69) is 40.7 Å². The molecule has 1 heterocycles. The van der Waals surface area contributed by atoms with E-state index in [0.29, 0.717) is 31.1 Å². The topological polar surface area (TPSA) is 157 Å². The molecule has 45 heavy (non-hydrogen) atoms. The predicted octanol–water partition coefficient (Wildman–Crippen LogP) is 3.46. The molecule has 9 heteroatoms. The molecule has 0 aromatic carbocycles. The molecule has 1 aliphatic heterocycles. The smallest absolute Gasteiger partial charge is 0.315 e. The number of aliphatic hydroxyl groups is 6. The fourth-order valence-electron chi connectivity index (χ4n) is 12.2. The zero-order chi connectivity index (χ0) is 33.1. The molecule has 0 bridgehead atoms. The third-order valence-corrected chi connectivity index (χ3v) is 15.5. The Morgan fingerprint density at radius 1 is 0.889 bits per heavy atom. The van der Waals surface area contributed by atoms with Gasteiger partial charge in [0.05, 0.1) is 23.7 Å². The van der Waals surface area contributed by atoms with E-state index in [1.54, 1.807) is 0 Å². The molecule has 0 aromatic rings. The van der Waals surface area contributed by atoms with Crippen LogP contribution in [0.15, 0.2) is 11.6 Å². The van der Waals surface area contributed by atoms with Crippen LogP contribution in [0.4, 0.5) is 0 Å². The molecular formula is C36H58O9. The number of fused-ring (bicyclic) bond motifs is 7.